The molecule has 1 N–H and O–H groups in total. The van der Waals surface area contributed by atoms with Crippen LogP contribution in [0.3, 0.4) is 0 Å². The third-order valence-corrected chi connectivity index (χ3v) is 3.09. The minimum absolute atomic E-state index is 0.295. The molecule has 1 fully saturated rings. The van der Waals surface area contributed by atoms with Crippen LogP contribution >= 0.6 is 0 Å². The van der Waals surface area contributed by atoms with Crippen molar-refractivity contribution in [3.05, 3.63) is 30.3 Å². The van der Waals surface area contributed by atoms with Gasteiger partial charge in [-0.2, -0.15) is 0 Å². The quantitative estimate of drug-likeness (QED) is 0.819. The van der Waals surface area contributed by atoms with Crippen molar-refractivity contribution in [3.63, 3.8) is 0 Å². The van der Waals surface area contributed by atoms with E-state index >= 15 is 0 Å². The van der Waals surface area contributed by atoms with Crippen LogP contribution in [0.2, 0.25) is 0 Å². The number of rotatable bonds is 5. The lowest BCUT2D eigenvalue weighted by Gasteiger charge is -2.19. The largest absolute Gasteiger partial charge is 0.382 e. The molecular weight excluding hydrogens is 198 g/mol. The van der Waals surface area contributed by atoms with E-state index in [4.69, 9.17) is 4.74 Å². The normalized spacial score (nSPS) is 18.6. The Morgan fingerprint density at radius 1 is 1.25 bits per heavy atom. The Kier molecular flexibility index (Phi) is 4.23. The van der Waals surface area contributed by atoms with E-state index in [1.54, 1.807) is 0 Å². The van der Waals surface area contributed by atoms with Gasteiger partial charge in [0.15, 0.2) is 0 Å². The summed E-state index contributed by atoms with van der Waals surface area (Å²) in [5.74, 6) is 0. The Labute approximate surface area is 98.0 Å². The summed E-state index contributed by atoms with van der Waals surface area (Å²) in [5.41, 5.74) is 1.17. The summed E-state index contributed by atoms with van der Waals surface area (Å²) in [4.78, 5) is 0. The SMILES string of the molecule is CC(CNc1ccccc1)OC1CCCC1. The lowest BCUT2D eigenvalue weighted by atomic mass is 10.3. The molecule has 0 bridgehead atoms. The molecule has 0 aliphatic heterocycles. The standard InChI is InChI=1S/C14H21NO/c1-12(16-14-9-5-6-10-14)11-15-13-7-3-2-4-8-13/h2-4,7-8,12,14-15H,5-6,9-11H2,1H3. The fraction of sp³-hybridized carbons (Fsp3) is 0.571. The smallest absolute Gasteiger partial charge is 0.0723 e. The summed E-state index contributed by atoms with van der Waals surface area (Å²) >= 11 is 0. The van der Waals surface area contributed by atoms with E-state index < -0.39 is 0 Å². The fourth-order valence-electron chi connectivity index (χ4n) is 2.22. The summed E-state index contributed by atoms with van der Waals surface area (Å²) in [6, 6.07) is 10.3. The Morgan fingerprint density at radius 2 is 1.94 bits per heavy atom. The van der Waals surface area contributed by atoms with Crippen LogP contribution in [-0.2, 0) is 4.74 Å². The van der Waals surface area contributed by atoms with Gasteiger partial charge in [-0.25, -0.2) is 0 Å². The maximum absolute atomic E-state index is 5.97. The Hall–Kier alpha value is -1.02. The molecule has 0 spiro atoms. The summed E-state index contributed by atoms with van der Waals surface area (Å²) in [6.45, 7) is 3.04. The van der Waals surface area contributed by atoms with Gasteiger partial charge < -0.3 is 10.1 Å². The molecule has 1 aromatic carbocycles. The molecule has 16 heavy (non-hydrogen) atoms. The summed E-state index contributed by atoms with van der Waals surface area (Å²) in [7, 11) is 0. The highest BCUT2D eigenvalue weighted by molar-refractivity contribution is 5.42. The van der Waals surface area contributed by atoms with Crippen molar-refractivity contribution in [2.24, 2.45) is 0 Å². The highest BCUT2D eigenvalue weighted by Gasteiger charge is 2.17. The molecule has 88 valence electrons. The molecule has 0 aromatic heterocycles. The molecule has 1 saturated carbocycles. The molecule has 1 aromatic rings. The van der Waals surface area contributed by atoms with Gasteiger partial charge in [-0.3, -0.25) is 0 Å². The second kappa shape index (κ2) is 5.90. The molecule has 1 aliphatic rings. The van der Waals surface area contributed by atoms with Crippen molar-refractivity contribution in [2.75, 3.05) is 11.9 Å². The minimum atomic E-state index is 0.295. The first kappa shape index (κ1) is 11.5. The number of nitrogens with one attached hydrogen (secondary N) is 1. The molecule has 1 aliphatic carbocycles. The zero-order chi connectivity index (χ0) is 11.2. The van der Waals surface area contributed by atoms with Gasteiger partial charge in [-0.05, 0) is 31.9 Å². The van der Waals surface area contributed by atoms with Gasteiger partial charge in [0.2, 0.25) is 0 Å². The molecule has 0 radical (unpaired) electrons. The average Bonchev–Trinajstić information content (AvgIpc) is 2.81. The molecule has 1 unspecified atom stereocenters. The van der Waals surface area contributed by atoms with Crippen LogP contribution in [0.4, 0.5) is 5.69 Å². The van der Waals surface area contributed by atoms with Crippen LogP contribution in [0.1, 0.15) is 32.6 Å². The van der Waals surface area contributed by atoms with Gasteiger partial charge in [0, 0.05) is 12.2 Å². The van der Waals surface area contributed by atoms with E-state index in [1.807, 2.05) is 18.2 Å². The van der Waals surface area contributed by atoms with Crippen LogP contribution in [0.5, 0.6) is 0 Å². The predicted molar refractivity (Wildman–Crippen MR) is 67.7 cm³/mol. The highest BCUT2D eigenvalue weighted by atomic mass is 16.5. The first-order valence-electron chi connectivity index (χ1n) is 6.29. The fourth-order valence-corrected chi connectivity index (χ4v) is 2.22. The molecule has 2 nitrogen and oxygen atoms in total. The van der Waals surface area contributed by atoms with Crippen molar-refractivity contribution in [1.82, 2.24) is 0 Å². The second-order valence-electron chi connectivity index (χ2n) is 4.60. The van der Waals surface area contributed by atoms with E-state index in [0.29, 0.717) is 12.2 Å². The van der Waals surface area contributed by atoms with Crippen molar-refractivity contribution in [1.29, 1.82) is 0 Å². The number of hydrogen-bond donors (Lipinski definition) is 1. The van der Waals surface area contributed by atoms with Crippen molar-refractivity contribution in [2.45, 2.75) is 44.8 Å². The van der Waals surface area contributed by atoms with E-state index in [2.05, 4.69) is 24.4 Å². The van der Waals surface area contributed by atoms with E-state index in [0.717, 1.165) is 6.54 Å². The lowest BCUT2D eigenvalue weighted by molar-refractivity contribution is 0.00952. The van der Waals surface area contributed by atoms with Crippen LogP contribution < -0.4 is 5.32 Å². The third-order valence-electron chi connectivity index (χ3n) is 3.09. The van der Waals surface area contributed by atoms with Crippen LogP contribution in [0.15, 0.2) is 30.3 Å². The van der Waals surface area contributed by atoms with Gasteiger partial charge in [-0.15, -0.1) is 0 Å². The summed E-state index contributed by atoms with van der Waals surface area (Å²) in [6.07, 6.45) is 5.97. The van der Waals surface area contributed by atoms with Crippen LogP contribution in [0, 0.1) is 0 Å². The summed E-state index contributed by atoms with van der Waals surface area (Å²) < 4.78 is 5.97. The molecule has 1 atom stereocenters. The van der Waals surface area contributed by atoms with Crippen molar-refractivity contribution >= 4 is 5.69 Å². The topological polar surface area (TPSA) is 21.3 Å². The van der Waals surface area contributed by atoms with Gasteiger partial charge in [0.1, 0.15) is 0 Å². The minimum Gasteiger partial charge on any atom is -0.382 e. The molecule has 0 saturated heterocycles. The number of anilines is 1. The number of hydrogen-bond acceptors (Lipinski definition) is 2. The number of ether oxygens (including phenoxy) is 1. The molecular formula is C14H21NO. The average molecular weight is 219 g/mol. The zero-order valence-electron chi connectivity index (χ0n) is 9.99. The monoisotopic (exact) mass is 219 g/mol. The Balaban J connectivity index is 1.69. The number of benzene rings is 1. The maximum atomic E-state index is 5.97. The first-order valence-corrected chi connectivity index (χ1v) is 6.29. The van der Waals surface area contributed by atoms with E-state index in [1.165, 1.54) is 31.4 Å². The van der Waals surface area contributed by atoms with Crippen molar-refractivity contribution in [3.8, 4) is 0 Å². The third kappa shape index (κ3) is 3.53. The van der Waals surface area contributed by atoms with Crippen LogP contribution in [0.25, 0.3) is 0 Å². The van der Waals surface area contributed by atoms with E-state index in [-0.39, 0.29) is 0 Å². The molecule has 2 heteroatoms. The lowest BCUT2D eigenvalue weighted by Crippen LogP contribution is -2.24. The molecule has 0 heterocycles. The van der Waals surface area contributed by atoms with Crippen molar-refractivity contribution < 1.29 is 4.74 Å². The second-order valence-corrected chi connectivity index (χ2v) is 4.60. The zero-order valence-corrected chi connectivity index (χ0v) is 9.99. The van der Waals surface area contributed by atoms with Gasteiger partial charge in [0.25, 0.3) is 0 Å². The van der Waals surface area contributed by atoms with Crippen LogP contribution in [-0.4, -0.2) is 18.8 Å². The van der Waals surface area contributed by atoms with Gasteiger partial charge in [-0.1, -0.05) is 31.0 Å². The van der Waals surface area contributed by atoms with E-state index in [9.17, 15) is 0 Å². The summed E-state index contributed by atoms with van der Waals surface area (Å²) in [5, 5.41) is 3.39. The molecule has 2 rings (SSSR count). The first-order chi connectivity index (χ1) is 7.84. The van der Waals surface area contributed by atoms with Gasteiger partial charge in [0.05, 0.1) is 12.2 Å². The molecule has 0 amide bonds. The highest BCUT2D eigenvalue weighted by Crippen LogP contribution is 2.22. The van der Waals surface area contributed by atoms with Gasteiger partial charge >= 0.3 is 0 Å². The Morgan fingerprint density at radius 3 is 2.62 bits per heavy atom. The maximum Gasteiger partial charge on any atom is 0.0723 e. The predicted octanol–water partition coefficient (Wildman–Crippen LogP) is 3.45. The Bertz CT molecular complexity index is 293. The number of para-hydroxylation sites is 1.